The van der Waals surface area contributed by atoms with Gasteiger partial charge in [-0.3, -0.25) is 19.5 Å². The molecule has 1 amide bonds. The number of aliphatic hydroxyl groups is 1. The van der Waals surface area contributed by atoms with E-state index >= 15 is 0 Å². The third kappa shape index (κ3) is 2.83. The maximum absolute atomic E-state index is 13.0. The number of pyridine rings is 1. The second kappa shape index (κ2) is 7.03. The standard InChI is InChI=1S/C21H16N2O5/c1-27-15-7-2-6-14(11-15)23-18(13-5-3-9-22-12-13)17(20(25)21(23)26)19(24)16-8-4-10-28-16/h2-12,18,25H,1H3. The minimum absolute atomic E-state index is 0.0377. The summed E-state index contributed by atoms with van der Waals surface area (Å²) < 4.78 is 10.4. The number of carbonyl (C=O) groups is 2. The average molecular weight is 376 g/mol. The van der Waals surface area contributed by atoms with E-state index < -0.39 is 23.5 Å². The van der Waals surface area contributed by atoms with Crippen molar-refractivity contribution in [3.05, 3.63) is 89.8 Å². The summed E-state index contributed by atoms with van der Waals surface area (Å²) in [6.07, 6.45) is 4.51. The molecule has 0 saturated carbocycles. The lowest BCUT2D eigenvalue weighted by atomic mass is 9.96. The van der Waals surface area contributed by atoms with Crippen molar-refractivity contribution in [1.82, 2.24) is 4.98 Å². The number of anilines is 1. The first-order valence-electron chi connectivity index (χ1n) is 8.50. The Morgan fingerprint density at radius 1 is 1.21 bits per heavy atom. The molecule has 0 saturated heterocycles. The van der Waals surface area contributed by atoms with Crippen molar-refractivity contribution in [3.8, 4) is 5.75 Å². The summed E-state index contributed by atoms with van der Waals surface area (Å²) in [5, 5.41) is 10.6. The van der Waals surface area contributed by atoms with E-state index in [1.165, 1.54) is 24.3 Å². The molecule has 1 atom stereocenters. The van der Waals surface area contributed by atoms with Gasteiger partial charge in [-0.15, -0.1) is 0 Å². The van der Waals surface area contributed by atoms with Gasteiger partial charge in [-0.2, -0.15) is 0 Å². The van der Waals surface area contributed by atoms with E-state index in [1.807, 2.05) is 0 Å². The van der Waals surface area contributed by atoms with Crippen LogP contribution in [0.1, 0.15) is 22.2 Å². The highest BCUT2D eigenvalue weighted by Crippen LogP contribution is 2.42. The van der Waals surface area contributed by atoms with E-state index in [0.717, 1.165) is 0 Å². The number of Topliss-reactive ketones (excluding diaryl/α,β-unsaturated/α-hetero) is 1. The van der Waals surface area contributed by atoms with E-state index in [4.69, 9.17) is 9.15 Å². The van der Waals surface area contributed by atoms with E-state index in [9.17, 15) is 14.7 Å². The van der Waals surface area contributed by atoms with Crippen LogP contribution in [-0.4, -0.2) is 28.9 Å². The molecule has 2 aromatic heterocycles. The molecule has 0 radical (unpaired) electrons. The average Bonchev–Trinajstić information content (AvgIpc) is 3.36. The Bertz CT molecular complexity index is 1060. The Morgan fingerprint density at radius 2 is 2.07 bits per heavy atom. The van der Waals surface area contributed by atoms with Gasteiger partial charge in [-0.1, -0.05) is 12.1 Å². The Labute approximate surface area is 160 Å². The largest absolute Gasteiger partial charge is 0.503 e. The van der Waals surface area contributed by atoms with Crippen molar-refractivity contribution < 1.29 is 23.8 Å². The van der Waals surface area contributed by atoms with Crippen LogP contribution in [0.25, 0.3) is 0 Å². The number of carbonyl (C=O) groups excluding carboxylic acids is 2. The van der Waals surface area contributed by atoms with Crippen molar-refractivity contribution in [3.63, 3.8) is 0 Å². The minimum atomic E-state index is -0.856. The Balaban J connectivity index is 1.88. The van der Waals surface area contributed by atoms with Crippen LogP contribution in [-0.2, 0) is 4.79 Å². The van der Waals surface area contributed by atoms with Gasteiger partial charge in [-0.05, 0) is 35.9 Å². The van der Waals surface area contributed by atoms with Gasteiger partial charge >= 0.3 is 0 Å². The van der Waals surface area contributed by atoms with Crippen LogP contribution >= 0.6 is 0 Å². The van der Waals surface area contributed by atoms with Gasteiger partial charge in [0.05, 0.1) is 25.0 Å². The number of ketones is 1. The molecule has 3 heterocycles. The molecular formula is C21H16N2O5. The zero-order valence-electron chi connectivity index (χ0n) is 14.9. The number of benzene rings is 1. The van der Waals surface area contributed by atoms with Crippen LogP contribution in [0.4, 0.5) is 5.69 Å². The molecule has 3 aromatic rings. The predicted molar refractivity (Wildman–Crippen MR) is 100 cm³/mol. The smallest absolute Gasteiger partial charge is 0.294 e. The van der Waals surface area contributed by atoms with Crippen molar-refractivity contribution in [2.24, 2.45) is 0 Å². The first-order valence-corrected chi connectivity index (χ1v) is 8.50. The number of nitrogens with zero attached hydrogens (tertiary/aromatic N) is 2. The molecule has 28 heavy (non-hydrogen) atoms. The molecular weight excluding hydrogens is 360 g/mol. The Hall–Kier alpha value is -3.87. The van der Waals surface area contributed by atoms with Gasteiger partial charge < -0.3 is 14.3 Å². The normalized spacial score (nSPS) is 16.5. The molecule has 7 heteroatoms. The van der Waals surface area contributed by atoms with E-state index in [-0.39, 0.29) is 11.3 Å². The molecule has 1 aliphatic heterocycles. The molecule has 0 aliphatic carbocycles. The fourth-order valence-electron chi connectivity index (χ4n) is 3.26. The summed E-state index contributed by atoms with van der Waals surface area (Å²) >= 11 is 0. The third-order valence-corrected chi connectivity index (χ3v) is 4.53. The lowest BCUT2D eigenvalue weighted by Crippen LogP contribution is -2.31. The summed E-state index contributed by atoms with van der Waals surface area (Å²) in [7, 11) is 1.52. The SMILES string of the molecule is COc1cccc(N2C(=O)C(O)=C(C(=O)c3ccco3)C2c2cccnc2)c1. The van der Waals surface area contributed by atoms with Crippen molar-refractivity contribution in [2.45, 2.75) is 6.04 Å². The van der Waals surface area contributed by atoms with Gasteiger partial charge in [0.2, 0.25) is 5.78 Å². The number of furan rings is 1. The van der Waals surface area contributed by atoms with Crippen LogP contribution in [0.3, 0.4) is 0 Å². The van der Waals surface area contributed by atoms with Crippen LogP contribution in [0.5, 0.6) is 5.75 Å². The molecule has 1 aromatic carbocycles. The summed E-state index contributed by atoms with van der Waals surface area (Å²) in [6, 6.07) is 12.5. The van der Waals surface area contributed by atoms with Gasteiger partial charge in [0.1, 0.15) is 5.75 Å². The Kier molecular flexibility index (Phi) is 4.41. The highest BCUT2D eigenvalue weighted by Gasteiger charge is 2.45. The molecule has 4 rings (SSSR count). The van der Waals surface area contributed by atoms with E-state index in [1.54, 1.807) is 54.9 Å². The second-order valence-corrected chi connectivity index (χ2v) is 6.13. The monoisotopic (exact) mass is 376 g/mol. The molecule has 140 valence electrons. The number of methoxy groups -OCH3 is 1. The topological polar surface area (TPSA) is 92.9 Å². The molecule has 7 nitrogen and oxygen atoms in total. The van der Waals surface area contributed by atoms with Gasteiger partial charge in [0.15, 0.2) is 11.5 Å². The molecule has 1 unspecified atom stereocenters. The molecule has 1 N–H and O–H groups in total. The summed E-state index contributed by atoms with van der Waals surface area (Å²) in [5.74, 6) is -1.28. The van der Waals surface area contributed by atoms with Crippen LogP contribution in [0.2, 0.25) is 0 Å². The summed E-state index contributed by atoms with van der Waals surface area (Å²) in [4.78, 5) is 31.4. The van der Waals surface area contributed by atoms with E-state index in [2.05, 4.69) is 4.98 Å². The molecule has 0 bridgehead atoms. The number of hydrogen-bond donors (Lipinski definition) is 1. The van der Waals surface area contributed by atoms with Gasteiger partial charge in [0, 0.05) is 24.1 Å². The quantitative estimate of drug-likeness (QED) is 0.686. The molecule has 1 aliphatic rings. The summed E-state index contributed by atoms with van der Waals surface area (Å²) in [5.41, 5.74) is 1.00. The number of ether oxygens (including phenoxy) is 1. The van der Waals surface area contributed by atoms with Crippen LogP contribution < -0.4 is 9.64 Å². The lowest BCUT2D eigenvalue weighted by molar-refractivity contribution is -0.117. The van der Waals surface area contributed by atoms with Crippen LogP contribution in [0.15, 0.2) is 82.9 Å². The van der Waals surface area contributed by atoms with Gasteiger partial charge in [0.25, 0.3) is 5.91 Å². The van der Waals surface area contributed by atoms with Crippen molar-refractivity contribution in [1.29, 1.82) is 0 Å². The molecule has 0 spiro atoms. The Morgan fingerprint density at radius 3 is 2.75 bits per heavy atom. The second-order valence-electron chi connectivity index (χ2n) is 6.13. The molecule has 0 fully saturated rings. The highest BCUT2D eigenvalue weighted by atomic mass is 16.5. The first-order chi connectivity index (χ1) is 13.6. The van der Waals surface area contributed by atoms with E-state index in [0.29, 0.717) is 17.0 Å². The zero-order valence-corrected chi connectivity index (χ0v) is 14.9. The number of amides is 1. The minimum Gasteiger partial charge on any atom is -0.503 e. The van der Waals surface area contributed by atoms with Crippen molar-refractivity contribution >= 4 is 17.4 Å². The van der Waals surface area contributed by atoms with Crippen LogP contribution in [0, 0.1) is 0 Å². The maximum Gasteiger partial charge on any atom is 0.294 e. The lowest BCUT2D eigenvalue weighted by Gasteiger charge is -2.26. The highest BCUT2D eigenvalue weighted by molar-refractivity contribution is 6.20. The fourth-order valence-corrected chi connectivity index (χ4v) is 3.26. The fraction of sp³-hybridized carbons (Fsp3) is 0.0952. The summed E-state index contributed by atoms with van der Waals surface area (Å²) in [6.45, 7) is 0. The number of hydrogen-bond acceptors (Lipinski definition) is 6. The number of aromatic nitrogens is 1. The third-order valence-electron chi connectivity index (χ3n) is 4.53. The van der Waals surface area contributed by atoms with Gasteiger partial charge in [-0.25, -0.2) is 0 Å². The maximum atomic E-state index is 13.0. The van der Waals surface area contributed by atoms with Crippen molar-refractivity contribution in [2.75, 3.05) is 12.0 Å². The zero-order chi connectivity index (χ0) is 19.7. The predicted octanol–water partition coefficient (Wildman–Crippen LogP) is 3.47. The number of rotatable bonds is 5. The first kappa shape index (κ1) is 17.5. The number of aliphatic hydroxyl groups excluding tert-OH is 1.